The third kappa shape index (κ3) is 3.37. The number of aromatic amines is 1. The molecule has 0 spiro atoms. The molecule has 1 N–H and O–H groups in total. The van der Waals surface area contributed by atoms with E-state index in [4.69, 9.17) is 4.99 Å². The molecule has 3 nitrogen and oxygen atoms in total. The molecule has 2 aromatic rings. The molecule has 1 aromatic carbocycles. The Morgan fingerprint density at radius 2 is 2.14 bits per heavy atom. The average molecular weight is 435 g/mol. The number of pyridine rings is 1. The maximum absolute atomic E-state index is 11.9. The first-order valence-electron chi connectivity index (χ1n) is 9.56. The van der Waals surface area contributed by atoms with Crippen LogP contribution in [0.4, 0.5) is 0 Å². The summed E-state index contributed by atoms with van der Waals surface area (Å²) in [4.78, 5) is 20.0. The van der Waals surface area contributed by atoms with Crippen molar-refractivity contribution in [1.82, 2.24) is 4.98 Å². The summed E-state index contributed by atoms with van der Waals surface area (Å²) in [7, 11) is 0. The van der Waals surface area contributed by atoms with Crippen LogP contribution in [0.25, 0.3) is 6.08 Å². The Bertz CT molecular complexity index is 1090. The third-order valence-corrected chi connectivity index (χ3v) is 6.09. The van der Waals surface area contributed by atoms with Gasteiger partial charge in [-0.05, 0) is 55.7 Å². The van der Waals surface area contributed by atoms with Gasteiger partial charge in [-0.15, -0.1) is 0 Å². The lowest BCUT2D eigenvalue weighted by Gasteiger charge is -2.45. The highest BCUT2D eigenvalue weighted by Crippen LogP contribution is 2.51. The van der Waals surface area contributed by atoms with Crippen molar-refractivity contribution in [2.24, 2.45) is 10.9 Å². The van der Waals surface area contributed by atoms with Crippen LogP contribution in [0.15, 0.2) is 80.0 Å². The standard InChI is InChI=1S/C24H23BrN2O/c1-3-20-18-12-16(2)15-24(20,21-9-10-23(28)27-22(21)14-18)26-11-5-7-17-6-4-8-19(25)13-17/h3-13,18H,14-15H2,1-2H3,(H,27,28)/b7-5+,20-3+,26-11+/t18-,24+/m0/s1. The smallest absolute Gasteiger partial charge is 0.248 e. The second-order valence-corrected chi connectivity index (χ2v) is 8.43. The Kier molecular flexibility index (Phi) is 5.07. The molecule has 2 aliphatic carbocycles. The minimum atomic E-state index is -0.433. The van der Waals surface area contributed by atoms with Crippen LogP contribution in [0.2, 0.25) is 0 Å². The molecule has 1 heterocycles. The van der Waals surface area contributed by atoms with Crippen LogP contribution in [0.1, 0.15) is 37.1 Å². The molecule has 142 valence electrons. The fourth-order valence-corrected chi connectivity index (χ4v) is 5.00. The van der Waals surface area contributed by atoms with Crippen LogP contribution >= 0.6 is 15.9 Å². The zero-order chi connectivity index (χ0) is 19.7. The number of rotatable bonds is 3. The van der Waals surface area contributed by atoms with Crippen LogP contribution in [0, 0.1) is 5.92 Å². The number of nitrogens with zero attached hydrogens (tertiary/aromatic N) is 1. The van der Waals surface area contributed by atoms with Crippen molar-refractivity contribution >= 4 is 28.2 Å². The van der Waals surface area contributed by atoms with E-state index >= 15 is 0 Å². The molecule has 0 fully saturated rings. The first-order valence-corrected chi connectivity index (χ1v) is 10.4. The first kappa shape index (κ1) is 18.9. The number of aromatic nitrogens is 1. The lowest BCUT2D eigenvalue weighted by Crippen LogP contribution is -2.40. The lowest BCUT2D eigenvalue weighted by molar-refractivity contribution is 0.413. The molecule has 1 aromatic heterocycles. The number of hydrogen-bond acceptors (Lipinski definition) is 2. The molecule has 0 saturated heterocycles. The van der Waals surface area contributed by atoms with Crippen molar-refractivity contribution in [1.29, 1.82) is 0 Å². The van der Waals surface area contributed by atoms with E-state index in [0.717, 1.165) is 34.1 Å². The average Bonchev–Trinajstić information content (AvgIpc) is 2.64. The van der Waals surface area contributed by atoms with E-state index in [1.165, 1.54) is 11.1 Å². The van der Waals surface area contributed by atoms with E-state index in [2.05, 4.69) is 65.1 Å². The van der Waals surface area contributed by atoms with Gasteiger partial charge in [0.05, 0.1) is 0 Å². The second-order valence-electron chi connectivity index (χ2n) is 7.51. The second kappa shape index (κ2) is 7.51. The molecule has 0 saturated carbocycles. The van der Waals surface area contributed by atoms with Crippen molar-refractivity contribution in [3.63, 3.8) is 0 Å². The molecule has 0 aliphatic heterocycles. The van der Waals surface area contributed by atoms with Gasteiger partial charge in [0.1, 0.15) is 5.54 Å². The van der Waals surface area contributed by atoms with E-state index in [1.807, 2.05) is 30.5 Å². The van der Waals surface area contributed by atoms with Crippen molar-refractivity contribution in [2.45, 2.75) is 32.2 Å². The Morgan fingerprint density at radius 1 is 1.29 bits per heavy atom. The van der Waals surface area contributed by atoms with Crippen LogP contribution in [0.3, 0.4) is 0 Å². The van der Waals surface area contributed by atoms with Crippen LogP contribution in [0.5, 0.6) is 0 Å². The number of nitrogens with one attached hydrogen (secondary N) is 1. The monoisotopic (exact) mass is 434 g/mol. The fraction of sp³-hybridized carbons (Fsp3) is 0.250. The van der Waals surface area contributed by atoms with Gasteiger partial charge >= 0.3 is 0 Å². The SMILES string of the molecule is C/C=C1\[C@H]2C=C(C)C[C@]1(/N=C/C=C/c1cccc(Br)c1)c1ccc(=O)[nH]c1C2. The molecular formula is C24H23BrN2O. The predicted molar refractivity (Wildman–Crippen MR) is 120 cm³/mol. The van der Waals surface area contributed by atoms with Gasteiger partial charge < -0.3 is 4.98 Å². The molecule has 2 bridgehead atoms. The molecule has 4 rings (SSSR count). The van der Waals surface area contributed by atoms with Gasteiger partial charge in [-0.1, -0.05) is 51.9 Å². The molecule has 0 radical (unpaired) electrons. The fourth-order valence-electron chi connectivity index (χ4n) is 4.59. The summed E-state index contributed by atoms with van der Waals surface area (Å²) in [6.07, 6.45) is 12.1. The van der Waals surface area contributed by atoms with Gasteiger partial charge in [-0.2, -0.15) is 0 Å². The highest BCUT2D eigenvalue weighted by atomic mass is 79.9. The Labute approximate surface area is 173 Å². The number of halogens is 1. The van der Waals surface area contributed by atoms with Crippen LogP contribution in [-0.4, -0.2) is 11.2 Å². The summed E-state index contributed by atoms with van der Waals surface area (Å²) in [5.74, 6) is 0.288. The zero-order valence-electron chi connectivity index (χ0n) is 16.1. The van der Waals surface area contributed by atoms with E-state index in [-0.39, 0.29) is 11.5 Å². The minimum Gasteiger partial charge on any atom is -0.326 e. The highest BCUT2D eigenvalue weighted by Gasteiger charge is 2.46. The van der Waals surface area contributed by atoms with Gasteiger partial charge in [0.2, 0.25) is 5.56 Å². The molecule has 4 heteroatoms. The van der Waals surface area contributed by atoms with Gasteiger partial charge in [-0.3, -0.25) is 9.79 Å². The number of fused-ring (bicyclic) bond motifs is 4. The third-order valence-electron chi connectivity index (χ3n) is 5.60. The highest BCUT2D eigenvalue weighted by molar-refractivity contribution is 9.10. The predicted octanol–water partition coefficient (Wildman–Crippen LogP) is 5.59. The summed E-state index contributed by atoms with van der Waals surface area (Å²) >= 11 is 3.50. The quantitative estimate of drug-likeness (QED) is 0.496. The largest absolute Gasteiger partial charge is 0.326 e. The minimum absolute atomic E-state index is 0.0462. The van der Waals surface area contributed by atoms with Crippen molar-refractivity contribution in [3.05, 3.63) is 97.4 Å². The summed E-state index contributed by atoms with van der Waals surface area (Å²) in [5.41, 5.74) is 5.45. The Balaban J connectivity index is 1.77. The van der Waals surface area contributed by atoms with Gasteiger partial charge in [0.15, 0.2) is 0 Å². The van der Waals surface area contributed by atoms with Gasteiger partial charge in [-0.25, -0.2) is 0 Å². The summed E-state index contributed by atoms with van der Waals surface area (Å²) in [5, 5.41) is 0. The van der Waals surface area contributed by atoms with E-state index < -0.39 is 5.54 Å². The number of hydrogen-bond donors (Lipinski definition) is 1. The van der Waals surface area contributed by atoms with Crippen molar-refractivity contribution in [3.8, 4) is 0 Å². The number of H-pyrrole nitrogens is 1. The first-order chi connectivity index (χ1) is 13.5. The molecule has 0 unspecified atom stereocenters. The normalized spacial score (nSPS) is 25.3. The number of allylic oxidation sites excluding steroid dienone is 3. The van der Waals surface area contributed by atoms with Crippen LogP contribution in [-0.2, 0) is 12.0 Å². The molecule has 28 heavy (non-hydrogen) atoms. The maximum Gasteiger partial charge on any atom is 0.248 e. The van der Waals surface area contributed by atoms with Crippen molar-refractivity contribution < 1.29 is 0 Å². The van der Waals surface area contributed by atoms with Gasteiger partial charge in [0.25, 0.3) is 0 Å². The Hall–Kier alpha value is -2.46. The van der Waals surface area contributed by atoms with Crippen LogP contribution < -0.4 is 5.56 Å². The molecule has 2 aliphatic rings. The maximum atomic E-state index is 11.9. The van der Waals surface area contributed by atoms with E-state index in [9.17, 15) is 4.79 Å². The number of aliphatic imine (C=N–C) groups is 1. The topological polar surface area (TPSA) is 45.2 Å². The summed E-state index contributed by atoms with van der Waals surface area (Å²) < 4.78 is 1.06. The Morgan fingerprint density at radius 3 is 2.93 bits per heavy atom. The molecule has 2 atom stereocenters. The van der Waals surface area contributed by atoms with E-state index in [0.29, 0.717) is 0 Å². The van der Waals surface area contributed by atoms with Gasteiger partial charge in [0, 0.05) is 40.3 Å². The lowest BCUT2D eigenvalue weighted by atomic mass is 9.63. The molecule has 0 amide bonds. The molecular weight excluding hydrogens is 412 g/mol. The summed E-state index contributed by atoms with van der Waals surface area (Å²) in [6.45, 7) is 4.27. The number of benzene rings is 1. The zero-order valence-corrected chi connectivity index (χ0v) is 17.7. The van der Waals surface area contributed by atoms with Crippen molar-refractivity contribution in [2.75, 3.05) is 0 Å². The summed E-state index contributed by atoms with van der Waals surface area (Å²) in [6, 6.07) is 11.8. The van der Waals surface area contributed by atoms with E-state index in [1.54, 1.807) is 6.07 Å².